The maximum atomic E-state index is 5.79. The molecule has 0 aromatic heterocycles. The molecular formula is C8H23ClN3Pt+. The molecule has 0 heterocycles. The molecule has 0 saturated carbocycles. The molecule has 0 aliphatic carbocycles. The summed E-state index contributed by atoms with van der Waals surface area (Å²) in [5.41, 5.74) is 11.4. The molecule has 0 saturated heterocycles. The molecule has 7 N–H and O–H groups in total. The van der Waals surface area contributed by atoms with Gasteiger partial charge in [0.1, 0.15) is 0 Å². The van der Waals surface area contributed by atoms with Crippen molar-refractivity contribution in [3.8, 4) is 0 Å². The van der Waals surface area contributed by atoms with Crippen LogP contribution in [0.25, 0.3) is 0 Å². The molecule has 13 heavy (non-hydrogen) atoms. The van der Waals surface area contributed by atoms with Gasteiger partial charge in [0.05, 0.1) is 0 Å². The summed E-state index contributed by atoms with van der Waals surface area (Å²) >= 11 is 1.61. The number of halogens is 1. The van der Waals surface area contributed by atoms with Crippen molar-refractivity contribution in [1.29, 1.82) is 0 Å². The normalized spacial score (nSPS) is 11.2. The standard InChI is InChI=1S/C8H20N2.ClH.H3N.Pt/c1-7(2,9)5-6-8(3,4)10;;;/h5-6,9-10H2,1-4H3;1H;1H3;/q;;;+2/p-1. The van der Waals surface area contributed by atoms with Crippen LogP contribution in [0.5, 0.6) is 0 Å². The van der Waals surface area contributed by atoms with Crippen molar-refractivity contribution in [2.24, 2.45) is 11.5 Å². The zero-order valence-corrected chi connectivity index (χ0v) is 12.0. The van der Waals surface area contributed by atoms with Crippen molar-refractivity contribution in [2.75, 3.05) is 0 Å². The maximum absolute atomic E-state index is 5.79. The molecule has 0 rings (SSSR count). The third-order valence-electron chi connectivity index (χ3n) is 1.41. The van der Waals surface area contributed by atoms with E-state index in [2.05, 4.69) is 9.42 Å². The van der Waals surface area contributed by atoms with Crippen molar-refractivity contribution < 1.29 is 18.8 Å². The first-order valence-electron chi connectivity index (χ1n) is 3.90. The van der Waals surface area contributed by atoms with E-state index in [-0.39, 0.29) is 17.2 Å². The van der Waals surface area contributed by atoms with E-state index < -0.39 is 0 Å². The van der Waals surface area contributed by atoms with Crippen LogP contribution in [-0.4, -0.2) is 11.1 Å². The van der Waals surface area contributed by atoms with Gasteiger partial charge < -0.3 is 17.6 Å². The van der Waals surface area contributed by atoms with Gasteiger partial charge in [0.2, 0.25) is 0 Å². The number of rotatable bonds is 3. The topological polar surface area (TPSA) is 87.0 Å². The first-order valence-corrected chi connectivity index (χ1v) is 6.72. The fourth-order valence-electron chi connectivity index (χ4n) is 0.644. The molecule has 0 aliphatic rings. The Labute approximate surface area is 97.4 Å². The average molecular weight is 392 g/mol. The van der Waals surface area contributed by atoms with Gasteiger partial charge in [0, 0.05) is 11.1 Å². The van der Waals surface area contributed by atoms with E-state index >= 15 is 0 Å². The number of nitrogens with two attached hydrogens (primary N) is 2. The molecule has 5 heteroatoms. The molecule has 3 nitrogen and oxygen atoms in total. The first-order chi connectivity index (χ1) is 5.21. The van der Waals surface area contributed by atoms with Crippen LogP contribution in [-0.2, 0) is 18.8 Å². The Kier molecular flexibility index (Phi) is 12.2. The monoisotopic (exact) mass is 391 g/mol. The summed E-state index contributed by atoms with van der Waals surface area (Å²) in [5, 5.41) is 0. The molecule has 0 spiro atoms. The Bertz CT molecular complexity index is 92.9. The average Bonchev–Trinajstić information content (AvgIpc) is 1.86. The van der Waals surface area contributed by atoms with Crippen LogP contribution in [0.2, 0.25) is 0 Å². The summed E-state index contributed by atoms with van der Waals surface area (Å²) in [5.74, 6) is 0. The zero-order valence-electron chi connectivity index (χ0n) is 8.97. The van der Waals surface area contributed by atoms with E-state index in [1.54, 1.807) is 18.8 Å². The van der Waals surface area contributed by atoms with Crippen LogP contribution in [0.4, 0.5) is 0 Å². The van der Waals surface area contributed by atoms with Gasteiger partial charge in [0.15, 0.2) is 0 Å². The molecule has 0 aromatic rings. The quantitative estimate of drug-likeness (QED) is 0.688. The Balaban J connectivity index is -0.000000309. The molecule has 0 unspecified atom stereocenters. The Morgan fingerprint density at radius 3 is 1.15 bits per heavy atom. The molecule has 86 valence electrons. The summed E-state index contributed by atoms with van der Waals surface area (Å²) in [6, 6.07) is 0. The van der Waals surface area contributed by atoms with E-state index in [0.717, 1.165) is 12.8 Å². The second-order valence-electron chi connectivity index (χ2n) is 4.48. The van der Waals surface area contributed by atoms with Gasteiger partial charge in [-0.25, -0.2) is 0 Å². The molecule has 0 atom stereocenters. The van der Waals surface area contributed by atoms with Gasteiger partial charge in [0.25, 0.3) is 0 Å². The van der Waals surface area contributed by atoms with Crippen molar-refractivity contribution in [1.82, 2.24) is 6.15 Å². The predicted octanol–water partition coefficient (Wildman–Crippen LogP) is 2.09. The first kappa shape index (κ1) is 19.4. The van der Waals surface area contributed by atoms with Crippen LogP contribution in [0.15, 0.2) is 0 Å². The summed E-state index contributed by atoms with van der Waals surface area (Å²) in [6.07, 6.45) is 1.97. The Hall–Kier alpha value is 0.858. The van der Waals surface area contributed by atoms with E-state index in [1.807, 2.05) is 27.7 Å². The predicted molar refractivity (Wildman–Crippen MR) is 56.6 cm³/mol. The van der Waals surface area contributed by atoms with Gasteiger partial charge >= 0.3 is 28.2 Å². The van der Waals surface area contributed by atoms with Crippen molar-refractivity contribution in [2.45, 2.75) is 51.6 Å². The van der Waals surface area contributed by atoms with E-state index in [1.165, 1.54) is 0 Å². The molecular weight excluding hydrogens is 369 g/mol. The van der Waals surface area contributed by atoms with E-state index in [0.29, 0.717) is 0 Å². The van der Waals surface area contributed by atoms with Gasteiger partial charge in [-0.2, -0.15) is 0 Å². The zero-order chi connectivity index (χ0) is 10.4. The minimum atomic E-state index is -0.0728. The van der Waals surface area contributed by atoms with Gasteiger partial charge in [-0.3, -0.25) is 0 Å². The number of hydrogen-bond acceptors (Lipinski definition) is 3. The molecule has 0 aromatic carbocycles. The fraction of sp³-hybridized carbons (Fsp3) is 1.00. The van der Waals surface area contributed by atoms with Crippen molar-refractivity contribution in [3.05, 3.63) is 0 Å². The Morgan fingerprint density at radius 2 is 1.08 bits per heavy atom. The van der Waals surface area contributed by atoms with Gasteiger partial charge in [-0.05, 0) is 40.5 Å². The fourth-order valence-corrected chi connectivity index (χ4v) is 0.644. The summed E-state index contributed by atoms with van der Waals surface area (Å²) < 4.78 is 0. The van der Waals surface area contributed by atoms with Crippen LogP contribution in [0.3, 0.4) is 0 Å². The van der Waals surface area contributed by atoms with Crippen molar-refractivity contribution in [3.63, 3.8) is 0 Å². The molecule has 0 radical (unpaired) electrons. The van der Waals surface area contributed by atoms with Gasteiger partial charge in [-0.1, -0.05) is 0 Å². The minimum absolute atomic E-state index is 0. The molecule has 0 aliphatic heterocycles. The SMILES string of the molecule is CC(C)(N)CCC(C)(C)N.N.[Cl][Pt+]. The molecule has 0 fully saturated rings. The van der Waals surface area contributed by atoms with Crippen LogP contribution in [0.1, 0.15) is 40.5 Å². The molecule has 0 bridgehead atoms. The van der Waals surface area contributed by atoms with Gasteiger partial charge in [-0.15, -0.1) is 0 Å². The summed E-state index contributed by atoms with van der Waals surface area (Å²) in [4.78, 5) is 0. The summed E-state index contributed by atoms with van der Waals surface area (Å²) in [6.45, 7) is 8.11. The summed E-state index contributed by atoms with van der Waals surface area (Å²) in [7, 11) is 4.61. The van der Waals surface area contributed by atoms with Crippen LogP contribution >= 0.6 is 9.42 Å². The second kappa shape index (κ2) is 8.19. The number of hydrogen-bond donors (Lipinski definition) is 3. The van der Waals surface area contributed by atoms with Crippen molar-refractivity contribution >= 4 is 9.42 Å². The van der Waals surface area contributed by atoms with Crippen LogP contribution in [0, 0.1) is 0 Å². The molecule has 0 amide bonds. The van der Waals surface area contributed by atoms with Crippen LogP contribution < -0.4 is 17.6 Å². The third kappa shape index (κ3) is 24.5. The Morgan fingerprint density at radius 1 is 0.923 bits per heavy atom. The van der Waals surface area contributed by atoms with E-state index in [9.17, 15) is 0 Å². The van der Waals surface area contributed by atoms with E-state index in [4.69, 9.17) is 11.5 Å². The third-order valence-corrected chi connectivity index (χ3v) is 1.41. The second-order valence-corrected chi connectivity index (χ2v) is 4.48.